The maximum Gasteiger partial charge on any atom is 0.238 e. The van der Waals surface area contributed by atoms with E-state index in [1.54, 1.807) is 18.2 Å². The van der Waals surface area contributed by atoms with Gasteiger partial charge in [0, 0.05) is 35.8 Å². The van der Waals surface area contributed by atoms with Crippen LogP contribution in [0.5, 0.6) is 0 Å². The molecule has 1 heterocycles. The monoisotopic (exact) mass is 390 g/mol. The topological polar surface area (TPSA) is 58.6 Å². The van der Waals surface area contributed by atoms with Gasteiger partial charge in [0.05, 0.1) is 19.1 Å². The summed E-state index contributed by atoms with van der Waals surface area (Å²) in [5, 5.41) is 2.87. The van der Waals surface area contributed by atoms with Crippen LogP contribution in [0.3, 0.4) is 0 Å². The summed E-state index contributed by atoms with van der Waals surface area (Å²) in [6.45, 7) is 3.95. The summed E-state index contributed by atoms with van der Waals surface area (Å²) >= 11 is 13.6. The molecule has 1 aromatic rings. The van der Waals surface area contributed by atoms with Crippen molar-refractivity contribution in [3.63, 3.8) is 0 Å². The Morgan fingerprint density at radius 1 is 1.29 bits per heavy atom. The fourth-order valence-electron chi connectivity index (χ4n) is 2.34. The largest absolute Gasteiger partial charge is 0.379 e. The molecule has 1 aromatic carbocycles. The van der Waals surface area contributed by atoms with Gasteiger partial charge in [-0.2, -0.15) is 0 Å². The number of hydrogen-bond acceptors (Lipinski definition) is 5. The predicted molar refractivity (Wildman–Crippen MR) is 97.3 cm³/mol. The lowest BCUT2D eigenvalue weighted by molar-refractivity contribution is -0.131. The molecule has 2 rings (SSSR count). The Balaban J connectivity index is 2.08. The standard InChI is InChI=1S/C16H20Cl2N2O3S/c1-11(21)24-10-12(9-13-14(17)3-2-4-15(13)18)16(22)19-20-5-7-23-8-6-20/h2-4,12H,5-10H2,1H3,(H,19,22). The van der Waals surface area contributed by atoms with Crippen molar-refractivity contribution >= 4 is 46.0 Å². The average molecular weight is 391 g/mol. The average Bonchev–Trinajstić information content (AvgIpc) is 2.54. The number of hydrogen-bond donors (Lipinski definition) is 1. The second kappa shape index (κ2) is 9.63. The number of rotatable bonds is 6. The number of thioether (sulfide) groups is 1. The van der Waals surface area contributed by atoms with Crippen molar-refractivity contribution in [2.75, 3.05) is 32.1 Å². The van der Waals surface area contributed by atoms with Gasteiger partial charge in [-0.1, -0.05) is 41.0 Å². The number of halogens is 2. The first-order valence-corrected chi connectivity index (χ1v) is 9.41. The molecule has 1 saturated heterocycles. The van der Waals surface area contributed by atoms with Gasteiger partial charge in [-0.05, 0) is 24.1 Å². The Morgan fingerprint density at radius 3 is 2.50 bits per heavy atom. The number of hydrazine groups is 1. The first-order valence-electron chi connectivity index (χ1n) is 7.67. The zero-order valence-corrected chi connectivity index (χ0v) is 15.7. The number of carbonyl (C=O) groups excluding carboxylic acids is 2. The minimum Gasteiger partial charge on any atom is -0.379 e. The van der Waals surface area contributed by atoms with Gasteiger partial charge in [-0.3, -0.25) is 15.0 Å². The molecule has 1 N–H and O–H groups in total. The van der Waals surface area contributed by atoms with E-state index in [4.69, 9.17) is 27.9 Å². The minimum atomic E-state index is -0.404. The summed E-state index contributed by atoms with van der Waals surface area (Å²) in [6, 6.07) is 5.26. The van der Waals surface area contributed by atoms with Crippen LogP contribution in [0.1, 0.15) is 12.5 Å². The van der Waals surface area contributed by atoms with Crippen LogP contribution in [0, 0.1) is 5.92 Å². The number of nitrogens with one attached hydrogen (secondary N) is 1. The molecule has 1 atom stereocenters. The molecule has 0 spiro atoms. The maximum atomic E-state index is 12.6. The molecule has 132 valence electrons. The predicted octanol–water partition coefficient (Wildman–Crippen LogP) is 2.80. The number of carbonyl (C=O) groups is 2. The third-order valence-electron chi connectivity index (χ3n) is 3.65. The number of ether oxygens (including phenoxy) is 1. The molecule has 24 heavy (non-hydrogen) atoms. The Labute approximate surface area is 156 Å². The van der Waals surface area contributed by atoms with E-state index in [2.05, 4.69) is 5.43 Å². The quantitative estimate of drug-likeness (QED) is 0.808. The van der Waals surface area contributed by atoms with Crippen LogP contribution < -0.4 is 5.43 Å². The third kappa shape index (κ3) is 5.93. The van der Waals surface area contributed by atoms with Gasteiger partial charge in [0.15, 0.2) is 5.12 Å². The Hall–Kier alpha value is -0.790. The molecule has 0 bridgehead atoms. The lowest BCUT2D eigenvalue weighted by Gasteiger charge is -2.29. The van der Waals surface area contributed by atoms with Crippen LogP contribution in [0.15, 0.2) is 18.2 Å². The first kappa shape index (κ1) is 19.5. The highest BCUT2D eigenvalue weighted by Crippen LogP contribution is 2.28. The van der Waals surface area contributed by atoms with Crippen LogP contribution in [0.2, 0.25) is 10.0 Å². The molecule has 0 saturated carbocycles. The van der Waals surface area contributed by atoms with E-state index >= 15 is 0 Å². The molecule has 0 aromatic heterocycles. The molecule has 0 aliphatic carbocycles. The summed E-state index contributed by atoms with van der Waals surface area (Å²) in [5.74, 6) is -0.159. The van der Waals surface area contributed by atoms with Crippen LogP contribution in [-0.2, 0) is 20.7 Å². The molecule has 8 heteroatoms. The van der Waals surface area contributed by atoms with Crippen molar-refractivity contribution in [2.45, 2.75) is 13.3 Å². The van der Waals surface area contributed by atoms with E-state index in [1.807, 2.05) is 5.01 Å². The van der Waals surface area contributed by atoms with Crippen LogP contribution in [-0.4, -0.2) is 48.1 Å². The van der Waals surface area contributed by atoms with Gasteiger partial charge >= 0.3 is 0 Å². The number of morpholine rings is 1. The Bertz CT molecular complexity index is 574. The Kier molecular flexibility index (Phi) is 7.84. The zero-order valence-electron chi connectivity index (χ0n) is 13.4. The van der Waals surface area contributed by atoms with Crippen molar-refractivity contribution in [2.24, 2.45) is 5.92 Å². The highest BCUT2D eigenvalue weighted by Gasteiger charge is 2.24. The second-order valence-electron chi connectivity index (χ2n) is 5.48. The van der Waals surface area contributed by atoms with Crippen LogP contribution >= 0.6 is 35.0 Å². The van der Waals surface area contributed by atoms with Crippen LogP contribution in [0.25, 0.3) is 0 Å². The van der Waals surface area contributed by atoms with E-state index in [0.29, 0.717) is 48.5 Å². The van der Waals surface area contributed by atoms with E-state index in [0.717, 1.165) is 17.3 Å². The van der Waals surface area contributed by atoms with E-state index in [-0.39, 0.29) is 11.0 Å². The summed E-state index contributed by atoms with van der Waals surface area (Å²) in [7, 11) is 0. The molecular weight excluding hydrogens is 371 g/mol. The number of amides is 1. The van der Waals surface area contributed by atoms with Gasteiger partial charge in [0.2, 0.25) is 5.91 Å². The van der Waals surface area contributed by atoms with Crippen molar-refractivity contribution in [1.29, 1.82) is 0 Å². The van der Waals surface area contributed by atoms with Crippen molar-refractivity contribution in [3.8, 4) is 0 Å². The highest BCUT2D eigenvalue weighted by molar-refractivity contribution is 8.13. The van der Waals surface area contributed by atoms with Gasteiger partial charge < -0.3 is 4.74 Å². The van der Waals surface area contributed by atoms with Crippen molar-refractivity contribution in [3.05, 3.63) is 33.8 Å². The SMILES string of the molecule is CC(=O)SCC(Cc1c(Cl)cccc1Cl)C(=O)NN1CCOCC1. The smallest absolute Gasteiger partial charge is 0.238 e. The number of nitrogens with zero attached hydrogens (tertiary/aromatic N) is 1. The minimum absolute atomic E-state index is 0.0237. The summed E-state index contributed by atoms with van der Waals surface area (Å²) in [4.78, 5) is 23.9. The normalized spacial score (nSPS) is 16.6. The lowest BCUT2D eigenvalue weighted by atomic mass is 10.00. The maximum absolute atomic E-state index is 12.6. The summed E-state index contributed by atoms with van der Waals surface area (Å²) < 4.78 is 5.27. The molecule has 1 fully saturated rings. The van der Waals surface area contributed by atoms with Gasteiger partial charge in [0.1, 0.15) is 0 Å². The molecule has 5 nitrogen and oxygen atoms in total. The molecule has 1 amide bonds. The first-order chi connectivity index (χ1) is 11.5. The molecule has 1 aliphatic heterocycles. The molecular formula is C16H20Cl2N2O3S. The second-order valence-corrected chi connectivity index (χ2v) is 7.49. The zero-order chi connectivity index (χ0) is 17.5. The fraction of sp³-hybridized carbons (Fsp3) is 0.500. The van der Waals surface area contributed by atoms with Gasteiger partial charge in [0.25, 0.3) is 0 Å². The molecule has 0 radical (unpaired) electrons. The summed E-state index contributed by atoms with van der Waals surface area (Å²) in [6.07, 6.45) is 0.384. The van der Waals surface area contributed by atoms with Gasteiger partial charge in [-0.15, -0.1) is 0 Å². The van der Waals surface area contributed by atoms with Crippen molar-refractivity contribution < 1.29 is 14.3 Å². The van der Waals surface area contributed by atoms with Crippen LogP contribution in [0.4, 0.5) is 0 Å². The van der Waals surface area contributed by atoms with E-state index < -0.39 is 5.92 Å². The lowest BCUT2D eigenvalue weighted by Crippen LogP contribution is -2.50. The Morgan fingerprint density at radius 2 is 1.92 bits per heavy atom. The van der Waals surface area contributed by atoms with Crippen molar-refractivity contribution in [1.82, 2.24) is 10.4 Å². The summed E-state index contributed by atoms with van der Waals surface area (Å²) in [5.41, 5.74) is 3.63. The molecule has 1 aliphatic rings. The number of benzene rings is 1. The molecule has 1 unspecified atom stereocenters. The highest BCUT2D eigenvalue weighted by atomic mass is 35.5. The van der Waals surface area contributed by atoms with Gasteiger partial charge in [-0.25, -0.2) is 5.01 Å². The fourth-order valence-corrected chi connectivity index (χ4v) is 3.60. The third-order valence-corrected chi connectivity index (χ3v) is 5.33. The van der Waals surface area contributed by atoms with E-state index in [1.165, 1.54) is 6.92 Å². The van der Waals surface area contributed by atoms with E-state index in [9.17, 15) is 9.59 Å².